The van der Waals surface area contributed by atoms with Crippen molar-refractivity contribution in [1.29, 1.82) is 0 Å². The zero-order valence-electron chi connectivity index (χ0n) is 13.9. The topological polar surface area (TPSA) is 70.6 Å². The van der Waals surface area contributed by atoms with Crippen molar-refractivity contribution in [3.05, 3.63) is 42.0 Å². The van der Waals surface area contributed by atoms with E-state index in [0.29, 0.717) is 4.90 Å². The van der Waals surface area contributed by atoms with Crippen molar-refractivity contribution >= 4 is 39.8 Å². The number of hydrogen-bond acceptors (Lipinski definition) is 3. The van der Waals surface area contributed by atoms with E-state index >= 15 is 0 Å². The lowest BCUT2D eigenvalue weighted by molar-refractivity contribution is 0.602. The van der Waals surface area contributed by atoms with Gasteiger partial charge < -0.3 is 10.6 Å². The van der Waals surface area contributed by atoms with E-state index < -0.39 is 9.84 Å². The van der Waals surface area contributed by atoms with Crippen molar-refractivity contribution < 1.29 is 8.42 Å². The molecule has 0 spiro atoms. The second kappa shape index (κ2) is 11.4. The van der Waals surface area contributed by atoms with Crippen molar-refractivity contribution in [2.45, 2.75) is 24.7 Å². The lowest BCUT2D eigenvalue weighted by atomic mass is 10.1. The molecule has 7 heteroatoms. The fraction of sp³-hybridized carbons (Fsp3) is 0.438. The van der Waals surface area contributed by atoms with Crippen LogP contribution in [0.4, 0.5) is 0 Å². The van der Waals surface area contributed by atoms with Gasteiger partial charge in [-0.1, -0.05) is 24.3 Å². The Morgan fingerprint density at radius 2 is 1.78 bits per heavy atom. The third-order valence-corrected chi connectivity index (χ3v) is 4.25. The molecule has 5 nitrogen and oxygen atoms in total. The van der Waals surface area contributed by atoms with E-state index in [1.54, 1.807) is 19.2 Å². The summed E-state index contributed by atoms with van der Waals surface area (Å²) in [5.74, 6) is 0.775. The first-order valence-corrected chi connectivity index (χ1v) is 9.21. The predicted molar refractivity (Wildman–Crippen MR) is 107 cm³/mol. The summed E-state index contributed by atoms with van der Waals surface area (Å²) in [5.41, 5.74) is 1.09. The minimum absolute atomic E-state index is 0. The molecule has 0 aliphatic rings. The van der Waals surface area contributed by atoms with Gasteiger partial charge in [0.25, 0.3) is 0 Å². The summed E-state index contributed by atoms with van der Waals surface area (Å²) in [6.45, 7) is 3.58. The molecule has 0 aromatic heterocycles. The fourth-order valence-corrected chi connectivity index (χ4v) is 2.52. The maximum atomic E-state index is 11.4. The number of benzene rings is 1. The number of rotatable bonds is 7. The lowest BCUT2D eigenvalue weighted by Gasteiger charge is -2.11. The van der Waals surface area contributed by atoms with Crippen LogP contribution in [-0.4, -0.2) is 40.8 Å². The summed E-state index contributed by atoms with van der Waals surface area (Å²) in [5, 5.41) is 6.46. The second-order valence-electron chi connectivity index (χ2n) is 4.95. The second-order valence-corrected chi connectivity index (χ2v) is 6.97. The van der Waals surface area contributed by atoms with Crippen LogP contribution in [0.1, 0.15) is 18.9 Å². The minimum atomic E-state index is -3.12. The molecule has 2 N–H and O–H groups in total. The van der Waals surface area contributed by atoms with Crippen molar-refractivity contribution in [3.63, 3.8) is 0 Å². The highest BCUT2D eigenvalue weighted by atomic mass is 127. The Morgan fingerprint density at radius 1 is 1.17 bits per heavy atom. The Labute approximate surface area is 156 Å². The molecule has 1 aromatic rings. The van der Waals surface area contributed by atoms with Gasteiger partial charge in [0.2, 0.25) is 0 Å². The summed E-state index contributed by atoms with van der Waals surface area (Å²) in [4.78, 5) is 4.51. The van der Waals surface area contributed by atoms with Gasteiger partial charge in [-0.25, -0.2) is 8.42 Å². The number of guanidine groups is 1. The molecule has 0 heterocycles. The summed E-state index contributed by atoms with van der Waals surface area (Å²) < 4.78 is 22.8. The Hall–Kier alpha value is -1.09. The Balaban J connectivity index is 0.00000484. The predicted octanol–water partition coefficient (Wildman–Crippen LogP) is 2.38. The van der Waals surface area contributed by atoms with Crippen molar-refractivity contribution in [1.82, 2.24) is 10.6 Å². The maximum Gasteiger partial charge on any atom is 0.190 e. The first kappa shape index (κ1) is 21.9. The standard InChI is InChI=1S/C16H25N3O2S.HI/c1-4-5-6-12-18-16(17-2)19-13-11-14-7-9-15(10-8-14)22(3,20)21;/h4-5,7-10H,6,11-13H2,1-3H3,(H2,17,18,19);1H. The van der Waals surface area contributed by atoms with Crippen LogP contribution in [0.15, 0.2) is 46.3 Å². The van der Waals surface area contributed by atoms with E-state index in [0.717, 1.165) is 37.5 Å². The van der Waals surface area contributed by atoms with E-state index in [9.17, 15) is 8.42 Å². The van der Waals surface area contributed by atoms with Crippen LogP contribution in [0.5, 0.6) is 0 Å². The molecular formula is C16H26IN3O2S. The molecule has 0 aliphatic heterocycles. The van der Waals surface area contributed by atoms with Gasteiger partial charge in [-0.05, 0) is 37.5 Å². The van der Waals surface area contributed by atoms with Gasteiger partial charge in [0.05, 0.1) is 4.90 Å². The lowest BCUT2D eigenvalue weighted by Crippen LogP contribution is -2.38. The van der Waals surface area contributed by atoms with Crippen molar-refractivity contribution in [2.75, 3.05) is 26.4 Å². The van der Waals surface area contributed by atoms with Gasteiger partial charge >= 0.3 is 0 Å². The van der Waals surface area contributed by atoms with Crippen molar-refractivity contribution in [3.8, 4) is 0 Å². The van der Waals surface area contributed by atoms with Gasteiger partial charge in [-0.3, -0.25) is 4.99 Å². The third-order valence-electron chi connectivity index (χ3n) is 3.12. The average molecular weight is 451 g/mol. The number of halogens is 1. The quantitative estimate of drug-likeness (QED) is 0.220. The van der Waals surface area contributed by atoms with E-state index in [1.807, 2.05) is 25.1 Å². The van der Waals surface area contributed by atoms with Crippen molar-refractivity contribution in [2.24, 2.45) is 4.99 Å². The Kier molecular flexibility index (Phi) is 10.9. The van der Waals surface area contributed by atoms with E-state index in [1.165, 1.54) is 6.26 Å². The summed E-state index contributed by atoms with van der Waals surface area (Å²) in [6.07, 6.45) is 7.11. The fourth-order valence-electron chi connectivity index (χ4n) is 1.89. The molecule has 0 aliphatic carbocycles. The number of nitrogens with one attached hydrogen (secondary N) is 2. The Morgan fingerprint density at radius 3 is 2.30 bits per heavy atom. The smallest absolute Gasteiger partial charge is 0.190 e. The molecule has 0 unspecified atom stereocenters. The molecule has 1 rings (SSSR count). The first-order chi connectivity index (χ1) is 10.5. The SMILES string of the molecule is CC=CCCNC(=NC)NCCc1ccc(S(C)(=O)=O)cc1.I. The van der Waals surface area contributed by atoms with Crippen LogP contribution < -0.4 is 10.6 Å². The van der Waals surface area contributed by atoms with Gasteiger partial charge in [-0.2, -0.15) is 0 Å². The minimum Gasteiger partial charge on any atom is -0.356 e. The van der Waals surface area contributed by atoms with E-state index in [4.69, 9.17) is 0 Å². The molecule has 23 heavy (non-hydrogen) atoms. The normalized spacial score (nSPS) is 12.0. The summed E-state index contributed by atoms with van der Waals surface area (Å²) in [6, 6.07) is 6.99. The number of nitrogens with zero attached hydrogens (tertiary/aromatic N) is 1. The van der Waals surface area contributed by atoms with Gasteiger partial charge in [0.15, 0.2) is 15.8 Å². The van der Waals surface area contributed by atoms with Gasteiger partial charge in [-0.15, -0.1) is 24.0 Å². The van der Waals surface area contributed by atoms with E-state index in [-0.39, 0.29) is 24.0 Å². The number of sulfone groups is 1. The molecule has 0 atom stereocenters. The van der Waals surface area contributed by atoms with Crippen LogP contribution in [0.25, 0.3) is 0 Å². The molecule has 0 radical (unpaired) electrons. The molecule has 0 saturated carbocycles. The van der Waals surface area contributed by atoms with E-state index in [2.05, 4.69) is 21.7 Å². The summed E-state index contributed by atoms with van der Waals surface area (Å²) >= 11 is 0. The molecule has 0 bridgehead atoms. The average Bonchev–Trinajstić information content (AvgIpc) is 2.49. The van der Waals surface area contributed by atoms with Gasteiger partial charge in [0, 0.05) is 26.4 Å². The molecular weight excluding hydrogens is 425 g/mol. The van der Waals surface area contributed by atoms with Crippen LogP contribution in [0, 0.1) is 0 Å². The van der Waals surface area contributed by atoms with Crippen LogP contribution >= 0.6 is 24.0 Å². The summed E-state index contributed by atoms with van der Waals surface area (Å²) in [7, 11) is -1.38. The monoisotopic (exact) mass is 451 g/mol. The highest BCUT2D eigenvalue weighted by Crippen LogP contribution is 2.10. The molecule has 0 saturated heterocycles. The Bertz CT molecular complexity index is 611. The molecule has 0 fully saturated rings. The zero-order valence-corrected chi connectivity index (χ0v) is 17.0. The maximum absolute atomic E-state index is 11.4. The zero-order chi connectivity index (χ0) is 16.4. The van der Waals surface area contributed by atoms with Crippen LogP contribution in [-0.2, 0) is 16.3 Å². The van der Waals surface area contributed by atoms with Crippen LogP contribution in [0.2, 0.25) is 0 Å². The highest BCUT2D eigenvalue weighted by Gasteiger charge is 2.06. The number of hydrogen-bond donors (Lipinski definition) is 2. The molecule has 0 amide bonds. The highest BCUT2D eigenvalue weighted by molar-refractivity contribution is 14.0. The van der Waals surface area contributed by atoms with Crippen LogP contribution in [0.3, 0.4) is 0 Å². The number of aliphatic imine (C=N–C) groups is 1. The first-order valence-electron chi connectivity index (χ1n) is 7.32. The largest absolute Gasteiger partial charge is 0.356 e. The van der Waals surface area contributed by atoms with Gasteiger partial charge in [0.1, 0.15) is 0 Å². The number of allylic oxidation sites excluding steroid dienone is 1. The third kappa shape index (κ3) is 8.95. The molecule has 1 aromatic carbocycles. The molecule has 130 valence electrons.